The first kappa shape index (κ1) is 17.4. The quantitative estimate of drug-likeness (QED) is 0.654. The Labute approximate surface area is 126 Å². The van der Waals surface area contributed by atoms with E-state index in [2.05, 4.69) is 12.2 Å². The van der Waals surface area contributed by atoms with Crippen LogP contribution in [0.1, 0.15) is 38.7 Å². The molecule has 0 radical (unpaired) electrons. The average Bonchev–Trinajstić information content (AvgIpc) is 2.44. The van der Waals surface area contributed by atoms with Crippen molar-refractivity contribution in [3.8, 4) is 0 Å². The summed E-state index contributed by atoms with van der Waals surface area (Å²) in [5.41, 5.74) is 0.983. The highest BCUT2D eigenvalue weighted by Crippen LogP contribution is 2.17. The summed E-state index contributed by atoms with van der Waals surface area (Å²) < 4.78 is 18.8. The minimum absolute atomic E-state index is 0.183. The van der Waals surface area contributed by atoms with Crippen molar-refractivity contribution >= 4 is 11.6 Å². The summed E-state index contributed by atoms with van der Waals surface area (Å²) in [6.07, 6.45) is 3.96. The van der Waals surface area contributed by atoms with E-state index >= 15 is 0 Å². The second-order valence-electron chi connectivity index (χ2n) is 4.94. The van der Waals surface area contributed by atoms with Gasteiger partial charge >= 0.3 is 0 Å². The molecular formula is C16H25ClFNO. The molecule has 0 saturated carbocycles. The summed E-state index contributed by atoms with van der Waals surface area (Å²) >= 11 is 5.71. The molecule has 2 nitrogen and oxygen atoms in total. The van der Waals surface area contributed by atoms with Gasteiger partial charge in [-0.1, -0.05) is 24.6 Å². The van der Waals surface area contributed by atoms with Crippen LogP contribution in [-0.4, -0.2) is 25.8 Å². The molecule has 114 valence electrons. The van der Waals surface area contributed by atoms with E-state index < -0.39 is 0 Å². The molecule has 0 fully saturated rings. The van der Waals surface area contributed by atoms with Crippen LogP contribution in [0.3, 0.4) is 0 Å². The fourth-order valence-corrected chi connectivity index (χ4v) is 2.27. The number of halogens is 2. The summed E-state index contributed by atoms with van der Waals surface area (Å²) in [4.78, 5) is 0. The van der Waals surface area contributed by atoms with Gasteiger partial charge in [-0.2, -0.15) is 0 Å². The molecule has 1 aromatic carbocycles. The number of hydrogen-bond donors (Lipinski definition) is 1. The van der Waals surface area contributed by atoms with Crippen molar-refractivity contribution in [3.63, 3.8) is 0 Å². The molecule has 1 rings (SSSR count). The highest BCUT2D eigenvalue weighted by atomic mass is 35.5. The number of ether oxygens (including phenoxy) is 1. The molecule has 0 bridgehead atoms. The van der Waals surface area contributed by atoms with Gasteiger partial charge in [0.1, 0.15) is 5.82 Å². The van der Waals surface area contributed by atoms with Crippen LogP contribution in [0.2, 0.25) is 5.02 Å². The van der Waals surface area contributed by atoms with E-state index in [0.717, 1.165) is 51.0 Å². The first-order valence-corrected chi connectivity index (χ1v) is 7.80. The Morgan fingerprint density at radius 1 is 1.35 bits per heavy atom. The van der Waals surface area contributed by atoms with Gasteiger partial charge in [0.2, 0.25) is 0 Å². The lowest BCUT2D eigenvalue weighted by Crippen LogP contribution is -2.32. The van der Waals surface area contributed by atoms with Crippen molar-refractivity contribution in [3.05, 3.63) is 34.6 Å². The monoisotopic (exact) mass is 301 g/mol. The molecule has 4 heteroatoms. The van der Waals surface area contributed by atoms with Gasteiger partial charge in [-0.15, -0.1) is 0 Å². The lowest BCUT2D eigenvalue weighted by molar-refractivity contribution is 0.140. The summed E-state index contributed by atoms with van der Waals surface area (Å²) in [6, 6.07) is 5.42. The number of benzene rings is 1. The molecule has 0 aliphatic carbocycles. The summed E-state index contributed by atoms with van der Waals surface area (Å²) in [5, 5.41) is 3.70. The van der Waals surface area contributed by atoms with E-state index in [4.69, 9.17) is 16.3 Å². The predicted molar refractivity (Wildman–Crippen MR) is 82.9 cm³/mol. The zero-order valence-corrected chi connectivity index (χ0v) is 13.2. The van der Waals surface area contributed by atoms with Crippen LogP contribution < -0.4 is 5.32 Å². The molecule has 0 aliphatic heterocycles. The molecule has 0 aliphatic rings. The van der Waals surface area contributed by atoms with E-state index in [9.17, 15) is 4.39 Å². The van der Waals surface area contributed by atoms with Gasteiger partial charge < -0.3 is 10.1 Å². The SMILES string of the molecule is CCCNC(CCCOCC)Cc1ccc(Cl)c(F)c1. The molecule has 0 saturated heterocycles. The minimum atomic E-state index is -0.340. The first-order chi connectivity index (χ1) is 9.67. The third kappa shape index (κ3) is 6.69. The van der Waals surface area contributed by atoms with Gasteiger partial charge in [0.15, 0.2) is 0 Å². The topological polar surface area (TPSA) is 21.3 Å². The maximum absolute atomic E-state index is 13.5. The van der Waals surface area contributed by atoms with Gasteiger partial charge in [-0.05, 0) is 56.8 Å². The Morgan fingerprint density at radius 3 is 2.80 bits per heavy atom. The molecule has 1 aromatic rings. The van der Waals surface area contributed by atoms with Crippen molar-refractivity contribution in [2.45, 2.75) is 45.6 Å². The van der Waals surface area contributed by atoms with Crippen LogP contribution in [0.25, 0.3) is 0 Å². The standard InChI is InChI=1S/C16H25ClFNO/c1-3-9-19-14(6-5-10-20-4-2)11-13-7-8-15(17)16(18)12-13/h7-8,12,14,19H,3-6,9-11H2,1-2H3. The highest BCUT2D eigenvalue weighted by molar-refractivity contribution is 6.30. The zero-order valence-electron chi connectivity index (χ0n) is 12.4. The Kier molecular flexibility index (Phi) is 8.83. The Balaban J connectivity index is 2.51. The first-order valence-electron chi connectivity index (χ1n) is 7.42. The largest absolute Gasteiger partial charge is 0.382 e. The smallest absolute Gasteiger partial charge is 0.142 e. The molecular weight excluding hydrogens is 277 g/mol. The maximum Gasteiger partial charge on any atom is 0.142 e. The van der Waals surface area contributed by atoms with Crippen LogP contribution in [0, 0.1) is 5.82 Å². The van der Waals surface area contributed by atoms with Crippen molar-refractivity contribution in [1.82, 2.24) is 5.32 Å². The molecule has 0 amide bonds. The summed E-state index contributed by atoms with van der Waals surface area (Å²) in [6.45, 7) is 6.68. The predicted octanol–water partition coefficient (Wildman–Crippen LogP) is 4.21. The van der Waals surface area contributed by atoms with E-state index in [1.165, 1.54) is 6.07 Å². The molecule has 0 spiro atoms. The van der Waals surface area contributed by atoms with Gasteiger partial charge in [0.05, 0.1) is 5.02 Å². The number of rotatable bonds is 10. The fourth-order valence-electron chi connectivity index (χ4n) is 2.15. The Hall–Kier alpha value is -0.640. The van der Waals surface area contributed by atoms with E-state index in [1.807, 2.05) is 13.0 Å². The van der Waals surface area contributed by atoms with Crippen molar-refractivity contribution < 1.29 is 9.13 Å². The van der Waals surface area contributed by atoms with Crippen molar-refractivity contribution in [2.24, 2.45) is 0 Å². The van der Waals surface area contributed by atoms with Gasteiger partial charge in [0, 0.05) is 19.3 Å². The number of hydrogen-bond acceptors (Lipinski definition) is 2. The van der Waals surface area contributed by atoms with E-state index in [1.54, 1.807) is 6.07 Å². The Morgan fingerprint density at radius 2 is 2.15 bits per heavy atom. The summed E-state index contributed by atoms with van der Waals surface area (Å²) in [7, 11) is 0. The zero-order chi connectivity index (χ0) is 14.8. The van der Waals surface area contributed by atoms with Gasteiger partial charge in [-0.25, -0.2) is 4.39 Å². The normalized spacial score (nSPS) is 12.6. The average molecular weight is 302 g/mol. The molecule has 0 aromatic heterocycles. The van der Waals surface area contributed by atoms with Crippen LogP contribution >= 0.6 is 11.6 Å². The molecule has 1 N–H and O–H groups in total. The van der Waals surface area contributed by atoms with Gasteiger partial charge in [-0.3, -0.25) is 0 Å². The Bertz CT molecular complexity index is 387. The summed E-state index contributed by atoms with van der Waals surface area (Å²) in [5.74, 6) is -0.340. The third-order valence-corrected chi connectivity index (χ3v) is 3.50. The van der Waals surface area contributed by atoms with Gasteiger partial charge in [0.25, 0.3) is 0 Å². The highest BCUT2D eigenvalue weighted by Gasteiger charge is 2.10. The second-order valence-corrected chi connectivity index (χ2v) is 5.35. The number of nitrogens with one attached hydrogen (secondary N) is 1. The third-order valence-electron chi connectivity index (χ3n) is 3.19. The van der Waals surface area contributed by atoms with Crippen LogP contribution in [-0.2, 0) is 11.2 Å². The molecule has 1 unspecified atom stereocenters. The molecule has 0 heterocycles. The molecule has 1 atom stereocenters. The fraction of sp³-hybridized carbons (Fsp3) is 0.625. The second kappa shape index (κ2) is 10.1. The maximum atomic E-state index is 13.5. The van der Waals surface area contributed by atoms with E-state index in [-0.39, 0.29) is 10.8 Å². The van der Waals surface area contributed by atoms with Crippen molar-refractivity contribution in [1.29, 1.82) is 0 Å². The van der Waals surface area contributed by atoms with Crippen molar-refractivity contribution in [2.75, 3.05) is 19.8 Å². The minimum Gasteiger partial charge on any atom is -0.382 e. The van der Waals surface area contributed by atoms with Crippen LogP contribution in [0.5, 0.6) is 0 Å². The van der Waals surface area contributed by atoms with E-state index in [0.29, 0.717) is 6.04 Å². The van der Waals surface area contributed by atoms with Crippen LogP contribution in [0.4, 0.5) is 4.39 Å². The van der Waals surface area contributed by atoms with Crippen LogP contribution in [0.15, 0.2) is 18.2 Å². The lowest BCUT2D eigenvalue weighted by atomic mass is 10.0. The molecule has 20 heavy (non-hydrogen) atoms. The lowest BCUT2D eigenvalue weighted by Gasteiger charge is -2.19.